The highest BCUT2D eigenvalue weighted by Gasteiger charge is 2.25. The fraction of sp³-hybridized carbons (Fsp3) is 0.889. The maximum absolute atomic E-state index is 4.61. The Bertz CT molecular complexity index is 199. The first-order valence-corrected chi connectivity index (χ1v) is 5.71. The molecule has 2 unspecified atom stereocenters. The van der Waals surface area contributed by atoms with Gasteiger partial charge in [0.25, 0.3) is 0 Å². The molecule has 1 fully saturated rings. The van der Waals surface area contributed by atoms with E-state index in [0.29, 0.717) is 6.04 Å². The summed E-state index contributed by atoms with van der Waals surface area (Å²) >= 11 is 1.88. The molecule has 1 heterocycles. The number of aliphatic imine (C=N–C) groups is 1. The van der Waals surface area contributed by atoms with Gasteiger partial charge in [-0.3, -0.25) is 4.99 Å². The second-order valence-electron chi connectivity index (χ2n) is 3.88. The van der Waals surface area contributed by atoms with Crippen molar-refractivity contribution < 1.29 is 0 Å². The lowest BCUT2D eigenvalue weighted by molar-refractivity contribution is 0.534. The van der Waals surface area contributed by atoms with Gasteiger partial charge in [0.15, 0.2) is 5.17 Å². The zero-order valence-electron chi connectivity index (χ0n) is 7.71. The number of thioether (sulfide) groups is 1. The number of nitrogens with zero attached hydrogens (tertiary/aromatic N) is 1. The van der Waals surface area contributed by atoms with Crippen LogP contribution in [0.25, 0.3) is 0 Å². The summed E-state index contributed by atoms with van der Waals surface area (Å²) in [6, 6.07) is 1.25. The van der Waals surface area contributed by atoms with Crippen LogP contribution in [-0.2, 0) is 0 Å². The third-order valence-corrected chi connectivity index (χ3v) is 3.72. The molecule has 0 aromatic carbocycles. The van der Waals surface area contributed by atoms with Gasteiger partial charge < -0.3 is 5.32 Å². The van der Waals surface area contributed by atoms with Crippen molar-refractivity contribution in [2.24, 2.45) is 10.9 Å². The molecular weight excluding hydrogens is 168 g/mol. The number of rotatable bonds is 1. The van der Waals surface area contributed by atoms with Crippen LogP contribution in [0.3, 0.4) is 0 Å². The van der Waals surface area contributed by atoms with E-state index in [1.165, 1.54) is 23.8 Å². The predicted octanol–water partition coefficient (Wildman–Crippen LogP) is 1.87. The van der Waals surface area contributed by atoms with Crippen LogP contribution in [0, 0.1) is 5.92 Å². The van der Waals surface area contributed by atoms with Gasteiger partial charge in [0.2, 0.25) is 0 Å². The molecule has 1 aliphatic heterocycles. The lowest BCUT2D eigenvalue weighted by Crippen LogP contribution is -2.31. The molecule has 2 rings (SSSR count). The normalized spacial score (nSPS) is 36.0. The number of hydrogen-bond acceptors (Lipinski definition) is 3. The van der Waals surface area contributed by atoms with Gasteiger partial charge in [-0.05, 0) is 25.7 Å². The Balaban J connectivity index is 1.91. The second-order valence-corrected chi connectivity index (χ2v) is 4.89. The molecule has 2 atom stereocenters. The molecule has 0 aromatic heterocycles. The molecule has 2 nitrogen and oxygen atoms in total. The van der Waals surface area contributed by atoms with Gasteiger partial charge in [-0.1, -0.05) is 18.7 Å². The summed E-state index contributed by atoms with van der Waals surface area (Å²) in [5.74, 6) is 1.96. The monoisotopic (exact) mass is 184 g/mol. The molecular formula is C9H16N2S. The summed E-state index contributed by atoms with van der Waals surface area (Å²) in [5, 5.41) is 4.64. The average Bonchev–Trinajstić information content (AvgIpc) is 2.81. The van der Waals surface area contributed by atoms with Crippen LogP contribution in [0.1, 0.15) is 26.7 Å². The Labute approximate surface area is 78.2 Å². The van der Waals surface area contributed by atoms with Gasteiger partial charge in [0.05, 0.1) is 6.04 Å². The Hall–Kier alpha value is -0.180. The third kappa shape index (κ3) is 1.94. The smallest absolute Gasteiger partial charge is 0.157 e. The van der Waals surface area contributed by atoms with E-state index in [9.17, 15) is 0 Å². The van der Waals surface area contributed by atoms with Gasteiger partial charge >= 0.3 is 0 Å². The first kappa shape index (κ1) is 8.42. The van der Waals surface area contributed by atoms with Gasteiger partial charge in [0, 0.05) is 11.8 Å². The Morgan fingerprint density at radius 3 is 2.75 bits per heavy atom. The minimum Gasteiger partial charge on any atom is -0.362 e. The van der Waals surface area contributed by atoms with Gasteiger partial charge in [-0.15, -0.1) is 0 Å². The van der Waals surface area contributed by atoms with Crippen molar-refractivity contribution in [1.29, 1.82) is 0 Å². The molecule has 0 amide bonds. The van der Waals surface area contributed by atoms with Crippen LogP contribution in [-0.4, -0.2) is 23.0 Å². The Kier molecular flexibility index (Phi) is 2.31. The molecule has 2 aliphatic rings. The molecule has 3 heteroatoms. The largest absolute Gasteiger partial charge is 0.362 e. The van der Waals surface area contributed by atoms with Crippen LogP contribution >= 0.6 is 11.8 Å². The van der Waals surface area contributed by atoms with Crippen molar-refractivity contribution in [1.82, 2.24) is 5.32 Å². The highest BCUT2D eigenvalue weighted by atomic mass is 32.2. The summed E-state index contributed by atoms with van der Waals surface area (Å²) in [5.41, 5.74) is 0. The molecule has 0 radical (unpaired) electrons. The topological polar surface area (TPSA) is 24.4 Å². The van der Waals surface area contributed by atoms with Crippen LogP contribution in [0.5, 0.6) is 0 Å². The summed E-state index contributed by atoms with van der Waals surface area (Å²) in [6.45, 7) is 4.48. The van der Waals surface area contributed by atoms with Gasteiger partial charge in [0.1, 0.15) is 0 Å². The van der Waals surface area contributed by atoms with E-state index in [1.54, 1.807) is 0 Å². The van der Waals surface area contributed by atoms with Crippen LogP contribution in [0.15, 0.2) is 4.99 Å². The highest BCUT2D eigenvalue weighted by Crippen LogP contribution is 2.25. The molecule has 12 heavy (non-hydrogen) atoms. The summed E-state index contributed by atoms with van der Waals surface area (Å²) in [4.78, 5) is 4.61. The van der Waals surface area contributed by atoms with Crippen molar-refractivity contribution in [3.05, 3.63) is 0 Å². The molecule has 1 N–H and O–H groups in total. The van der Waals surface area contributed by atoms with Crippen LogP contribution in [0.4, 0.5) is 0 Å². The molecule has 0 spiro atoms. The second kappa shape index (κ2) is 3.29. The lowest BCUT2D eigenvalue weighted by atomic mass is 10.1. The van der Waals surface area contributed by atoms with E-state index >= 15 is 0 Å². The predicted molar refractivity (Wildman–Crippen MR) is 54.7 cm³/mol. The number of hydrogen-bond donors (Lipinski definition) is 1. The van der Waals surface area contributed by atoms with E-state index in [-0.39, 0.29) is 0 Å². The summed E-state index contributed by atoms with van der Waals surface area (Å²) in [6.07, 6.45) is 2.67. The van der Waals surface area contributed by atoms with E-state index in [0.717, 1.165) is 12.0 Å². The molecule has 0 bridgehead atoms. The molecule has 1 saturated carbocycles. The fourth-order valence-corrected chi connectivity index (χ4v) is 2.37. The highest BCUT2D eigenvalue weighted by molar-refractivity contribution is 8.13. The molecule has 0 saturated heterocycles. The van der Waals surface area contributed by atoms with Crippen molar-refractivity contribution in [2.75, 3.05) is 5.75 Å². The SMILES string of the molecule is CC1CSC(NC2CC2)=NC1C. The first-order chi connectivity index (χ1) is 5.75. The number of amidine groups is 1. The molecule has 68 valence electrons. The summed E-state index contributed by atoms with van der Waals surface area (Å²) in [7, 11) is 0. The maximum Gasteiger partial charge on any atom is 0.157 e. The minimum absolute atomic E-state index is 0.507. The third-order valence-electron chi connectivity index (χ3n) is 2.53. The Morgan fingerprint density at radius 2 is 2.17 bits per heavy atom. The van der Waals surface area contributed by atoms with Crippen LogP contribution < -0.4 is 5.32 Å². The molecule has 0 aromatic rings. The van der Waals surface area contributed by atoms with Crippen molar-refractivity contribution in [3.63, 3.8) is 0 Å². The minimum atomic E-state index is 0.507. The zero-order valence-corrected chi connectivity index (χ0v) is 8.53. The zero-order chi connectivity index (χ0) is 8.55. The van der Waals surface area contributed by atoms with E-state index < -0.39 is 0 Å². The van der Waals surface area contributed by atoms with Gasteiger partial charge in [-0.2, -0.15) is 0 Å². The van der Waals surface area contributed by atoms with E-state index in [2.05, 4.69) is 24.2 Å². The van der Waals surface area contributed by atoms with Crippen molar-refractivity contribution in [3.8, 4) is 0 Å². The maximum atomic E-state index is 4.61. The summed E-state index contributed by atoms with van der Waals surface area (Å²) < 4.78 is 0. The standard InChI is InChI=1S/C9H16N2S/c1-6-5-12-9(10-7(6)2)11-8-3-4-8/h6-8H,3-5H2,1-2H3,(H,10,11). The van der Waals surface area contributed by atoms with Crippen molar-refractivity contribution in [2.45, 2.75) is 38.8 Å². The average molecular weight is 184 g/mol. The quantitative estimate of drug-likeness (QED) is 0.672. The first-order valence-electron chi connectivity index (χ1n) is 4.73. The lowest BCUT2D eigenvalue weighted by Gasteiger charge is -2.23. The molecule has 1 aliphatic carbocycles. The van der Waals surface area contributed by atoms with E-state index in [4.69, 9.17) is 0 Å². The van der Waals surface area contributed by atoms with Crippen LogP contribution in [0.2, 0.25) is 0 Å². The van der Waals surface area contributed by atoms with Crippen molar-refractivity contribution >= 4 is 16.9 Å². The van der Waals surface area contributed by atoms with Gasteiger partial charge in [-0.25, -0.2) is 0 Å². The Morgan fingerprint density at radius 1 is 1.42 bits per heavy atom. The number of nitrogens with one attached hydrogen (secondary N) is 1. The fourth-order valence-electron chi connectivity index (χ4n) is 1.18. The van der Waals surface area contributed by atoms with E-state index in [1.807, 2.05) is 11.8 Å².